The molecule has 0 bridgehead atoms. The van der Waals surface area contributed by atoms with E-state index in [4.69, 9.17) is 23.2 Å². The summed E-state index contributed by atoms with van der Waals surface area (Å²) in [5.41, 5.74) is 1.54. The minimum absolute atomic E-state index is 0.0521. The van der Waals surface area contributed by atoms with Crippen LogP contribution in [0.1, 0.15) is 31.4 Å². The van der Waals surface area contributed by atoms with E-state index >= 15 is 0 Å². The van der Waals surface area contributed by atoms with Gasteiger partial charge in [-0.2, -0.15) is 0 Å². The molecule has 0 heterocycles. The van der Waals surface area contributed by atoms with E-state index in [-0.39, 0.29) is 40.6 Å². The van der Waals surface area contributed by atoms with Crippen molar-refractivity contribution in [1.82, 2.24) is 10.2 Å². The topological polar surface area (TPSA) is 86.8 Å². The van der Waals surface area contributed by atoms with Gasteiger partial charge in [-0.25, -0.2) is 12.8 Å². The first-order chi connectivity index (χ1) is 18.9. The Morgan fingerprint density at radius 3 is 2.17 bits per heavy atom. The van der Waals surface area contributed by atoms with Crippen LogP contribution in [0.15, 0.2) is 72.8 Å². The highest BCUT2D eigenvalue weighted by Crippen LogP contribution is 2.29. The SMILES string of the molecule is CCC(C)NC(=O)C(Cc1ccccc1)N(Cc1ccc(F)cc1)C(=O)CN(c1ccc(Cl)c(Cl)c1)S(C)(=O)=O. The minimum atomic E-state index is -3.95. The zero-order valence-corrected chi connectivity index (χ0v) is 24.8. The molecule has 0 aliphatic rings. The maximum atomic E-state index is 14.0. The Morgan fingerprint density at radius 2 is 1.60 bits per heavy atom. The Kier molecular flexibility index (Phi) is 11.0. The van der Waals surface area contributed by atoms with Gasteiger partial charge in [0, 0.05) is 19.0 Å². The third-order valence-corrected chi connectivity index (χ3v) is 8.29. The summed E-state index contributed by atoms with van der Waals surface area (Å²) in [6.07, 6.45) is 1.83. The van der Waals surface area contributed by atoms with Gasteiger partial charge in [0.2, 0.25) is 21.8 Å². The van der Waals surface area contributed by atoms with E-state index in [2.05, 4.69) is 5.32 Å². The molecular weight excluding hydrogens is 576 g/mol. The molecule has 7 nitrogen and oxygen atoms in total. The summed E-state index contributed by atoms with van der Waals surface area (Å²) in [7, 11) is -3.95. The molecule has 40 heavy (non-hydrogen) atoms. The number of sulfonamides is 1. The van der Waals surface area contributed by atoms with E-state index in [1.165, 1.54) is 47.4 Å². The third-order valence-electron chi connectivity index (χ3n) is 6.41. The van der Waals surface area contributed by atoms with E-state index in [1.807, 2.05) is 44.2 Å². The summed E-state index contributed by atoms with van der Waals surface area (Å²) in [6.45, 7) is 3.14. The van der Waals surface area contributed by atoms with Gasteiger partial charge in [-0.3, -0.25) is 13.9 Å². The molecule has 3 rings (SSSR count). The standard InChI is InChI=1S/C29H32Cl2FN3O4S/c1-4-20(2)33-29(37)27(16-21-8-6-5-7-9-21)34(18-22-10-12-23(32)13-11-22)28(36)19-35(40(3,38)39)24-14-15-25(30)26(31)17-24/h5-15,17,20,27H,4,16,18-19H2,1-3H3,(H,33,37). The van der Waals surface area contributed by atoms with Crippen molar-refractivity contribution >= 4 is 50.7 Å². The molecular formula is C29H32Cl2FN3O4S. The molecule has 0 aliphatic carbocycles. The molecule has 3 aromatic carbocycles. The summed E-state index contributed by atoms with van der Waals surface area (Å²) in [6, 6.07) is 17.9. The summed E-state index contributed by atoms with van der Waals surface area (Å²) in [4.78, 5) is 28.9. The predicted molar refractivity (Wildman–Crippen MR) is 157 cm³/mol. The monoisotopic (exact) mass is 607 g/mol. The average molecular weight is 609 g/mol. The first-order valence-electron chi connectivity index (χ1n) is 12.7. The fraction of sp³-hybridized carbons (Fsp3) is 0.310. The van der Waals surface area contributed by atoms with Crippen LogP contribution in [0.5, 0.6) is 0 Å². The maximum absolute atomic E-state index is 14.0. The molecule has 214 valence electrons. The second-order valence-corrected chi connectivity index (χ2v) is 12.3. The van der Waals surface area contributed by atoms with Gasteiger partial charge in [0.15, 0.2) is 0 Å². The van der Waals surface area contributed by atoms with Gasteiger partial charge >= 0.3 is 0 Å². The Hall–Kier alpha value is -3.14. The van der Waals surface area contributed by atoms with Crippen molar-refractivity contribution in [3.8, 4) is 0 Å². The molecule has 2 unspecified atom stereocenters. The van der Waals surface area contributed by atoms with Crippen LogP contribution in [0.4, 0.5) is 10.1 Å². The van der Waals surface area contributed by atoms with E-state index in [0.717, 1.165) is 16.1 Å². The largest absolute Gasteiger partial charge is 0.352 e. The molecule has 2 atom stereocenters. The van der Waals surface area contributed by atoms with Crippen LogP contribution in [0.2, 0.25) is 10.0 Å². The molecule has 3 aromatic rings. The van der Waals surface area contributed by atoms with Crippen LogP contribution in [-0.2, 0) is 32.6 Å². The number of amides is 2. The smallest absolute Gasteiger partial charge is 0.244 e. The van der Waals surface area contributed by atoms with Gasteiger partial charge in [0.05, 0.1) is 22.0 Å². The third kappa shape index (κ3) is 8.68. The molecule has 0 saturated carbocycles. The highest BCUT2D eigenvalue weighted by atomic mass is 35.5. The van der Waals surface area contributed by atoms with Crippen molar-refractivity contribution in [2.75, 3.05) is 17.1 Å². The Morgan fingerprint density at radius 1 is 0.950 bits per heavy atom. The van der Waals surface area contributed by atoms with Crippen LogP contribution in [0.3, 0.4) is 0 Å². The van der Waals surface area contributed by atoms with Crippen molar-refractivity contribution in [2.24, 2.45) is 0 Å². The average Bonchev–Trinajstić information content (AvgIpc) is 2.91. The van der Waals surface area contributed by atoms with Crippen LogP contribution < -0.4 is 9.62 Å². The quantitative estimate of drug-likeness (QED) is 0.296. The number of benzene rings is 3. The second kappa shape index (κ2) is 14.0. The van der Waals surface area contributed by atoms with E-state index in [0.29, 0.717) is 12.0 Å². The van der Waals surface area contributed by atoms with Gasteiger partial charge in [0.25, 0.3) is 0 Å². The molecule has 0 spiro atoms. The minimum Gasteiger partial charge on any atom is -0.352 e. The number of anilines is 1. The second-order valence-electron chi connectivity index (χ2n) is 9.54. The van der Waals surface area contributed by atoms with Crippen LogP contribution in [-0.4, -0.2) is 50.0 Å². The Balaban J connectivity index is 2.06. The fourth-order valence-electron chi connectivity index (χ4n) is 4.04. The highest BCUT2D eigenvalue weighted by Gasteiger charge is 2.33. The van der Waals surface area contributed by atoms with E-state index in [1.54, 1.807) is 0 Å². The molecule has 0 aliphatic heterocycles. The summed E-state index contributed by atoms with van der Waals surface area (Å²) in [5, 5.41) is 3.31. The Bertz CT molecular complexity index is 1420. The molecule has 1 N–H and O–H groups in total. The lowest BCUT2D eigenvalue weighted by molar-refractivity contribution is -0.140. The number of carbonyl (C=O) groups is 2. The normalized spacial score (nSPS) is 12.8. The van der Waals surface area contributed by atoms with Crippen LogP contribution >= 0.6 is 23.2 Å². The number of nitrogens with zero attached hydrogens (tertiary/aromatic N) is 2. The van der Waals surface area contributed by atoms with E-state index < -0.39 is 34.3 Å². The van der Waals surface area contributed by atoms with Gasteiger partial charge in [-0.05, 0) is 54.8 Å². The zero-order valence-electron chi connectivity index (χ0n) is 22.5. The number of carbonyl (C=O) groups excluding carboxylic acids is 2. The lowest BCUT2D eigenvalue weighted by Crippen LogP contribution is -2.54. The lowest BCUT2D eigenvalue weighted by Gasteiger charge is -2.34. The zero-order chi connectivity index (χ0) is 29.4. The number of hydrogen-bond acceptors (Lipinski definition) is 4. The molecule has 0 aromatic heterocycles. The number of hydrogen-bond donors (Lipinski definition) is 1. The van der Waals surface area contributed by atoms with Gasteiger partial charge in [0.1, 0.15) is 18.4 Å². The van der Waals surface area contributed by atoms with E-state index in [9.17, 15) is 22.4 Å². The van der Waals surface area contributed by atoms with Crippen molar-refractivity contribution in [3.63, 3.8) is 0 Å². The maximum Gasteiger partial charge on any atom is 0.244 e. The highest BCUT2D eigenvalue weighted by molar-refractivity contribution is 7.92. The molecule has 0 saturated heterocycles. The lowest BCUT2D eigenvalue weighted by atomic mass is 10.0. The van der Waals surface area contributed by atoms with Crippen LogP contribution in [0.25, 0.3) is 0 Å². The van der Waals surface area contributed by atoms with Crippen molar-refractivity contribution in [1.29, 1.82) is 0 Å². The number of rotatable bonds is 12. The molecule has 11 heteroatoms. The number of halogens is 3. The van der Waals surface area contributed by atoms with Crippen molar-refractivity contribution < 1.29 is 22.4 Å². The number of nitrogens with one attached hydrogen (secondary N) is 1. The molecule has 0 fully saturated rings. The molecule has 2 amide bonds. The summed E-state index contributed by atoms with van der Waals surface area (Å²) >= 11 is 12.2. The van der Waals surface area contributed by atoms with Gasteiger partial charge in [-0.1, -0.05) is 72.6 Å². The fourth-order valence-corrected chi connectivity index (χ4v) is 5.17. The van der Waals surface area contributed by atoms with Gasteiger partial charge in [-0.15, -0.1) is 0 Å². The van der Waals surface area contributed by atoms with Crippen LogP contribution in [0, 0.1) is 5.82 Å². The predicted octanol–water partition coefficient (Wildman–Crippen LogP) is 5.45. The first-order valence-corrected chi connectivity index (χ1v) is 15.3. The summed E-state index contributed by atoms with van der Waals surface area (Å²) in [5.74, 6) is -1.45. The van der Waals surface area contributed by atoms with Gasteiger partial charge < -0.3 is 10.2 Å². The van der Waals surface area contributed by atoms with Crippen molar-refractivity contribution in [2.45, 2.75) is 45.3 Å². The summed E-state index contributed by atoms with van der Waals surface area (Å²) < 4.78 is 40.2. The van der Waals surface area contributed by atoms with Crippen molar-refractivity contribution in [3.05, 3.63) is 99.8 Å². The Labute approximate surface area is 244 Å². The first kappa shape index (κ1) is 31.4. The molecule has 0 radical (unpaired) electrons.